The molecule has 3 aromatic rings. The maximum absolute atomic E-state index is 12.9. The molecule has 4 heterocycles. The van der Waals surface area contributed by atoms with Gasteiger partial charge < -0.3 is 25.0 Å². The van der Waals surface area contributed by atoms with Crippen molar-refractivity contribution in [1.29, 1.82) is 0 Å². The number of hydrogen-bond acceptors (Lipinski definition) is 7. The van der Waals surface area contributed by atoms with Crippen LogP contribution in [0.3, 0.4) is 0 Å². The van der Waals surface area contributed by atoms with E-state index in [0.717, 1.165) is 50.6 Å². The Morgan fingerprint density at radius 1 is 1.00 bits per heavy atom. The second-order valence-corrected chi connectivity index (χ2v) is 9.23. The van der Waals surface area contributed by atoms with Gasteiger partial charge in [-0.2, -0.15) is 0 Å². The molecule has 0 aliphatic carbocycles. The molecule has 5 rings (SSSR count). The van der Waals surface area contributed by atoms with E-state index in [9.17, 15) is 9.59 Å². The molecule has 10 nitrogen and oxygen atoms in total. The molecule has 2 amide bonds. The molecule has 184 valence electrons. The molecule has 0 atom stereocenters. The standard InChI is InChI=1S/C25H32N8O2/c1-30-9-13-32(14-10-30)23-19(5-4-8-26-23)17-27-25(35)33-15-11-31(12-16-33)18-22-28-21-7-3-2-6-20(21)24(34)29-22/h2-8H,9-18H2,1H3,(H,27,35)(H,28,29,34). The number of urea groups is 1. The second kappa shape index (κ2) is 10.4. The lowest BCUT2D eigenvalue weighted by molar-refractivity contribution is 0.133. The fourth-order valence-electron chi connectivity index (χ4n) is 4.68. The third-order valence-electron chi connectivity index (χ3n) is 6.80. The smallest absolute Gasteiger partial charge is 0.317 e. The van der Waals surface area contributed by atoms with E-state index >= 15 is 0 Å². The lowest BCUT2D eigenvalue weighted by atomic mass is 10.2. The third kappa shape index (κ3) is 5.44. The maximum atomic E-state index is 12.9. The number of para-hydroxylation sites is 1. The van der Waals surface area contributed by atoms with E-state index in [4.69, 9.17) is 0 Å². The van der Waals surface area contributed by atoms with Crippen molar-refractivity contribution in [3.8, 4) is 0 Å². The van der Waals surface area contributed by atoms with Crippen molar-refractivity contribution in [3.63, 3.8) is 0 Å². The van der Waals surface area contributed by atoms with Crippen LogP contribution in [0.5, 0.6) is 0 Å². The normalized spacial score (nSPS) is 17.6. The van der Waals surface area contributed by atoms with Crippen LogP contribution in [-0.4, -0.2) is 95.1 Å². The quantitative estimate of drug-likeness (QED) is 0.569. The molecule has 2 N–H and O–H groups in total. The van der Waals surface area contributed by atoms with Gasteiger partial charge in [-0.15, -0.1) is 0 Å². The van der Waals surface area contributed by atoms with Crippen LogP contribution >= 0.6 is 0 Å². The molecule has 10 heteroatoms. The highest BCUT2D eigenvalue weighted by Gasteiger charge is 2.23. The number of aromatic amines is 1. The zero-order valence-corrected chi connectivity index (χ0v) is 20.1. The van der Waals surface area contributed by atoms with Gasteiger partial charge >= 0.3 is 6.03 Å². The number of carbonyl (C=O) groups excluding carboxylic acids is 1. The third-order valence-corrected chi connectivity index (χ3v) is 6.80. The number of pyridine rings is 1. The first-order valence-corrected chi connectivity index (χ1v) is 12.2. The van der Waals surface area contributed by atoms with E-state index in [0.29, 0.717) is 42.9 Å². The van der Waals surface area contributed by atoms with Crippen molar-refractivity contribution in [1.82, 2.24) is 35.0 Å². The minimum Gasteiger partial charge on any atom is -0.354 e. The Kier molecular flexibility index (Phi) is 6.91. The van der Waals surface area contributed by atoms with Gasteiger partial charge in [-0.1, -0.05) is 18.2 Å². The van der Waals surface area contributed by atoms with Gasteiger partial charge in [0.15, 0.2) is 0 Å². The lowest BCUT2D eigenvalue weighted by Gasteiger charge is -2.35. The molecule has 2 aliphatic heterocycles. The number of nitrogens with one attached hydrogen (secondary N) is 2. The summed E-state index contributed by atoms with van der Waals surface area (Å²) in [6.07, 6.45) is 1.82. The summed E-state index contributed by atoms with van der Waals surface area (Å²) in [7, 11) is 2.13. The van der Waals surface area contributed by atoms with Crippen molar-refractivity contribution in [2.75, 3.05) is 64.3 Å². The number of aromatic nitrogens is 3. The number of H-pyrrole nitrogens is 1. The topological polar surface area (TPSA) is 101 Å². The lowest BCUT2D eigenvalue weighted by Crippen LogP contribution is -2.51. The molecule has 0 radical (unpaired) electrons. The van der Waals surface area contributed by atoms with Gasteiger partial charge in [-0.25, -0.2) is 14.8 Å². The molecule has 2 aliphatic rings. The fraction of sp³-hybridized carbons (Fsp3) is 0.440. The average molecular weight is 477 g/mol. The van der Waals surface area contributed by atoms with E-state index < -0.39 is 0 Å². The molecule has 2 fully saturated rings. The molecule has 0 spiro atoms. The molecular formula is C25H32N8O2. The number of benzene rings is 1. The minimum atomic E-state index is -0.116. The Hall–Kier alpha value is -3.50. The van der Waals surface area contributed by atoms with Crippen molar-refractivity contribution < 1.29 is 4.79 Å². The molecule has 2 saturated heterocycles. The minimum absolute atomic E-state index is 0.0601. The Labute approximate surface area is 204 Å². The van der Waals surface area contributed by atoms with Crippen molar-refractivity contribution in [2.45, 2.75) is 13.1 Å². The monoisotopic (exact) mass is 476 g/mol. The molecule has 35 heavy (non-hydrogen) atoms. The van der Waals surface area contributed by atoms with Crippen LogP contribution in [0.25, 0.3) is 10.9 Å². The van der Waals surface area contributed by atoms with Gasteiger partial charge in [0.2, 0.25) is 0 Å². The predicted octanol–water partition coefficient (Wildman–Crippen LogP) is 1.10. The molecular weight excluding hydrogens is 444 g/mol. The van der Waals surface area contributed by atoms with Crippen molar-refractivity contribution >= 4 is 22.8 Å². The molecule has 1 aromatic carbocycles. The van der Waals surface area contributed by atoms with Gasteiger partial charge in [0.1, 0.15) is 11.6 Å². The zero-order chi connectivity index (χ0) is 24.2. The van der Waals surface area contributed by atoms with Gasteiger partial charge in [0.05, 0.1) is 17.4 Å². The number of piperazine rings is 2. The van der Waals surface area contributed by atoms with Gasteiger partial charge in [0.25, 0.3) is 5.56 Å². The number of hydrogen-bond donors (Lipinski definition) is 2. The van der Waals surface area contributed by atoms with Crippen LogP contribution in [-0.2, 0) is 13.1 Å². The first-order valence-electron chi connectivity index (χ1n) is 12.2. The first kappa shape index (κ1) is 23.3. The first-order chi connectivity index (χ1) is 17.1. The highest BCUT2D eigenvalue weighted by molar-refractivity contribution is 5.77. The summed E-state index contributed by atoms with van der Waals surface area (Å²) in [6, 6.07) is 11.3. The van der Waals surface area contributed by atoms with E-state index in [1.165, 1.54) is 0 Å². The van der Waals surface area contributed by atoms with Crippen LogP contribution < -0.4 is 15.8 Å². The predicted molar refractivity (Wildman–Crippen MR) is 135 cm³/mol. The largest absolute Gasteiger partial charge is 0.354 e. The van der Waals surface area contributed by atoms with Crippen LogP contribution in [0.2, 0.25) is 0 Å². The number of amides is 2. The molecule has 0 bridgehead atoms. The zero-order valence-electron chi connectivity index (χ0n) is 20.1. The summed E-state index contributed by atoms with van der Waals surface area (Å²) in [5.41, 5.74) is 1.63. The summed E-state index contributed by atoms with van der Waals surface area (Å²) in [5, 5.41) is 3.68. The number of likely N-dealkylation sites (N-methyl/N-ethyl adjacent to an activating group) is 1. The SMILES string of the molecule is CN1CCN(c2ncccc2CNC(=O)N2CCN(Cc3nc4ccccc4c(=O)[nH]3)CC2)CC1. The molecule has 2 aromatic heterocycles. The van der Waals surface area contributed by atoms with E-state index in [1.54, 1.807) is 6.07 Å². The number of nitrogens with zero attached hydrogens (tertiary/aromatic N) is 6. The van der Waals surface area contributed by atoms with E-state index in [2.05, 4.69) is 42.0 Å². The molecule has 0 saturated carbocycles. The highest BCUT2D eigenvalue weighted by atomic mass is 16.2. The van der Waals surface area contributed by atoms with Crippen molar-refractivity contribution in [3.05, 3.63) is 64.3 Å². The van der Waals surface area contributed by atoms with Gasteiger partial charge in [-0.3, -0.25) is 9.69 Å². The summed E-state index contributed by atoms with van der Waals surface area (Å²) >= 11 is 0. The van der Waals surface area contributed by atoms with Crippen molar-refractivity contribution in [2.24, 2.45) is 0 Å². The number of fused-ring (bicyclic) bond motifs is 1. The van der Waals surface area contributed by atoms with E-state index in [1.807, 2.05) is 41.4 Å². The number of rotatable bonds is 5. The van der Waals surface area contributed by atoms with Gasteiger partial charge in [0, 0.05) is 70.7 Å². The number of carbonyl (C=O) groups is 1. The van der Waals surface area contributed by atoms with Crippen LogP contribution in [0.4, 0.5) is 10.6 Å². The van der Waals surface area contributed by atoms with Crippen LogP contribution in [0, 0.1) is 0 Å². The van der Waals surface area contributed by atoms with Gasteiger partial charge in [-0.05, 0) is 25.2 Å². The average Bonchev–Trinajstić information content (AvgIpc) is 2.88. The Balaban J connectivity index is 1.13. The van der Waals surface area contributed by atoms with Crippen LogP contribution in [0.15, 0.2) is 47.4 Å². The Morgan fingerprint density at radius 3 is 2.57 bits per heavy atom. The van der Waals surface area contributed by atoms with E-state index in [-0.39, 0.29) is 11.6 Å². The summed E-state index contributed by atoms with van der Waals surface area (Å²) in [4.78, 5) is 45.9. The van der Waals surface area contributed by atoms with Crippen LogP contribution in [0.1, 0.15) is 11.4 Å². The molecule has 0 unspecified atom stereocenters. The highest BCUT2D eigenvalue weighted by Crippen LogP contribution is 2.19. The number of anilines is 1. The maximum Gasteiger partial charge on any atom is 0.317 e. The summed E-state index contributed by atoms with van der Waals surface area (Å²) in [5.74, 6) is 1.61. The fourth-order valence-corrected chi connectivity index (χ4v) is 4.68. The Morgan fingerprint density at radius 2 is 1.77 bits per heavy atom. The summed E-state index contributed by atoms with van der Waals surface area (Å²) < 4.78 is 0. The second-order valence-electron chi connectivity index (χ2n) is 9.23. The summed E-state index contributed by atoms with van der Waals surface area (Å²) in [6.45, 7) is 7.61. The Bertz CT molecular complexity index is 1230.